The summed E-state index contributed by atoms with van der Waals surface area (Å²) < 4.78 is 12.0. The Labute approximate surface area is 98.0 Å². The van der Waals surface area contributed by atoms with Gasteiger partial charge in [0.15, 0.2) is 6.29 Å². The van der Waals surface area contributed by atoms with Gasteiger partial charge in [0.05, 0.1) is 12.2 Å². The molecule has 4 rings (SSSR count). The van der Waals surface area contributed by atoms with Gasteiger partial charge in [-0.25, -0.2) is 0 Å². The fourth-order valence-corrected chi connectivity index (χ4v) is 3.56. The molecule has 0 amide bonds. The molecule has 4 aliphatic rings. The van der Waals surface area contributed by atoms with Gasteiger partial charge in [0.1, 0.15) is 0 Å². The highest BCUT2D eigenvalue weighted by atomic mass is 16.7. The average molecular weight is 222 g/mol. The molecule has 2 heteroatoms. The minimum atomic E-state index is 0.0523. The van der Waals surface area contributed by atoms with Crippen LogP contribution >= 0.6 is 0 Å². The molecule has 1 heterocycles. The van der Waals surface area contributed by atoms with E-state index in [0.717, 1.165) is 12.3 Å². The van der Waals surface area contributed by atoms with Crippen LogP contribution in [0.3, 0.4) is 0 Å². The molecular weight excluding hydrogens is 200 g/mol. The standard InChI is InChI=1S/C14H22O2/c1-9-7-10(2)16-14(15-9)13-8-11-3-5-12(13)6-4-11/h3,5,9-14H,4,6-8H2,1-2H3/t9-,10-,11-,12+,13+/m1/s1. The molecule has 0 spiro atoms. The summed E-state index contributed by atoms with van der Waals surface area (Å²) in [6.45, 7) is 4.34. The summed E-state index contributed by atoms with van der Waals surface area (Å²) in [7, 11) is 0. The van der Waals surface area contributed by atoms with Crippen LogP contribution in [0.25, 0.3) is 0 Å². The molecule has 3 aliphatic carbocycles. The maximum absolute atomic E-state index is 5.99. The maximum atomic E-state index is 5.99. The van der Waals surface area contributed by atoms with Gasteiger partial charge in [-0.2, -0.15) is 0 Å². The molecule has 2 fully saturated rings. The molecule has 2 bridgehead atoms. The quantitative estimate of drug-likeness (QED) is 0.635. The lowest BCUT2D eigenvalue weighted by Gasteiger charge is -2.45. The second-order valence-electron chi connectivity index (χ2n) is 5.78. The summed E-state index contributed by atoms with van der Waals surface area (Å²) in [5, 5.41) is 0. The van der Waals surface area contributed by atoms with Gasteiger partial charge >= 0.3 is 0 Å². The van der Waals surface area contributed by atoms with Crippen molar-refractivity contribution >= 4 is 0 Å². The summed E-state index contributed by atoms with van der Waals surface area (Å²) in [4.78, 5) is 0. The van der Waals surface area contributed by atoms with Crippen LogP contribution in [-0.2, 0) is 9.47 Å². The van der Waals surface area contributed by atoms with Crippen LogP contribution in [0.1, 0.15) is 39.5 Å². The van der Waals surface area contributed by atoms with Gasteiger partial charge in [-0.3, -0.25) is 0 Å². The first-order chi connectivity index (χ1) is 7.72. The SMILES string of the molecule is C[C@@H]1C[C@@H](C)OC([C@H]2C[C@@H]3C=C[C@H]2CC3)O1. The van der Waals surface area contributed by atoms with Gasteiger partial charge in [0, 0.05) is 5.92 Å². The van der Waals surface area contributed by atoms with Crippen LogP contribution in [0, 0.1) is 17.8 Å². The van der Waals surface area contributed by atoms with Crippen LogP contribution < -0.4 is 0 Å². The third-order valence-corrected chi connectivity index (χ3v) is 4.37. The Bertz CT molecular complexity index is 276. The monoisotopic (exact) mass is 222 g/mol. The zero-order valence-corrected chi connectivity index (χ0v) is 10.3. The Hall–Kier alpha value is -0.340. The molecule has 1 aliphatic heterocycles. The average Bonchev–Trinajstić information content (AvgIpc) is 2.29. The molecule has 0 aromatic heterocycles. The lowest BCUT2D eigenvalue weighted by Crippen LogP contribution is -2.45. The number of fused-ring (bicyclic) bond motifs is 2. The topological polar surface area (TPSA) is 18.5 Å². The molecule has 2 nitrogen and oxygen atoms in total. The van der Waals surface area contributed by atoms with Crippen LogP contribution in [0.4, 0.5) is 0 Å². The highest BCUT2D eigenvalue weighted by Crippen LogP contribution is 2.44. The zero-order valence-electron chi connectivity index (χ0n) is 10.3. The summed E-state index contributed by atoms with van der Waals surface area (Å²) in [6.07, 6.45) is 10.6. The van der Waals surface area contributed by atoms with Gasteiger partial charge in [-0.1, -0.05) is 12.2 Å². The van der Waals surface area contributed by atoms with E-state index in [1.807, 2.05) is 0 Å². The number of hydrogen-bond acceptors (Lipinski definition) is 2. The number of ether oxygens (including phenoxy) is 2. The second-order valence-corrected chi connectivity index (χ2v) is 5.78. The van der Waals surface area contributed by atoms with Crippen molar-refractivity contribution < 1.29 is 9.47 Å². The third kappa shape index (κ3) is 1.93. The van der Waals surface area contributed by atoms with Crippen molar-refractivity contribution in [3.63, 3.8) is 0 Å². The third-order valence-electron chi connectivity index (χ3n) is 4.37. The summed E-state index contributed by atoms with van der Waals surface area (Å²) in [5.74, 6) is 2.09. The Morgan fingerprint density at radius 1 is 0.938 bits per heavy atom. The second kappa shape index (κ2) is 4.15. The largest absolute Gasteiger partial charge is 0.349 e. The van der Waals surface area contributed by atoms with Crippen LogP contribution in [-0.4, -0.2) is 18.5 Å². The summed E-state index contributed by atoms with van der Waals surface area (Å²) >= 11 is 0. The van der Waals surface area contributed by atoms with Gasteiger partial charge < -0.3 is 9.47 Å². The Morgan fingerprint density at radius 2 is 1.69 bits per heavy atom. The highest BCUT2D eigenvalue weighted by Gasteiger charge is 2.40. The van der Waals surface area contributed by atoms with Crippen molar-refractivity contribution in [1.82, 2.24) is 0 Å². The summed E-state index contributed by atoms with van der Waals surface area (Å²) in [6, 6.07) is 0. The fraction of sp³-hybridized carbons (Fsp3) is 0.857. The van der Waals surface area contributed by atoms with Gasteiger partial charge in [-0.05, 0) is 51.4 Å². The maximum Gasteiger partial charge on any atom is 0.161 e. The highest BCUT2D eigenvalue weighted by molar-refractivity contribution is 5.06. The lowest BCUT2D eigenvalue weighted by atomic mass is 9.68. The van der Waals surface area contributed by atoms with E-state index in [4.69, 9.17) is 9.47 Å². The molecule has 16 heavy (non-hydrogen) atoms. The molecule has 1 saturated carbocycles. The van der Waals surface area contributed by atoms with Crippen molar-refractivity contribution in [2.24, 2.45) is 17.8 Å². The first kappa shape index (κ1) is 10.8. The van der Waals surface area contributed by atoms with Gasteiger partial charge in [0.2, 0.25) is 0 Å². The Kier molecular flexibility index (Phi) is 2.80. The number of allylic oxidation sites excluding steroid dienone is 2. The summed E-state index contributed by atoms with van der Waals surface area (Å²) in [5.41, 5.74) is 0. The van der Waals surface area contributed by atoms with E-state index in [2.05, 4.69) is 26.0 Å². The Morgan fingerprint density at radius 3 is 2.19 bits per heavy atom. The Balaban J connectivity index is 1.71. The zero-order chi connectivity index (χ0) is 11.1. The van der Waals surface area contributed by atoms with E-state index in [1.165, 1.54) is 19.3 Å². The molecule has 0 aromatic carbocycles. The molecule has 90 valence electrons. The minimum Gasteiger partial charge on any atom is -0.349 e. The van der Waals surface area contributed by atoms with Crippen molar-refractivity contribution in [2.45, 2.75) is 58.0 Å². The van der Waals surface area contributed by atoms with Crippen molar-refractivity contribution in [3.8, 4) is 0 Å². The molecule has 1 saturated heterocycles. The van der Waals surface area contributed by atoms with Crippen LogP contribution in [0.5, 0.6) is 0 Å². The van der Waals surface area contributed by atoms with E-state index in [9.17, 15) is 0 Å². The number of rotatable bonds is 1. The predicted molar refractivity (Wildman–Crippen MR) is 63.0 cm³/mol. The van der Waals surface area contributed by atoms with Crippen molar-refractivity contribution in [3.05, 3.63) is 12.2 Å². The smallest absolute Gasteiger partial charge is 0.161 e. The molecule has 0 aromatic rings. The van der Waals surface area contributed by atoms with E-state index < -0.39 is 0 Å². The first-order valence-electron chi connectivity index (χ1n) is 6.71. The van der Waals surface area contributed by atoms with Crippen molar-refractivity contribution in [1.29, 1.82) is 0 Å². The number of hydrogen-bond donors (Lipinski definition) is 0. The van der Waals surface area contributed by atoms with Gasteiger partial charge in [0.25, 0.3) is 0 Å². The van der Waals surface area contributed by atoms with E-state index in [0.29, 0.717) is 24.0 Å². The van der Waals surface area contributed by atoms with E-state index in [-0.39, 0.29) is 6.29 Å². The molecular formula is C14H22O2. The first-order valence-corrected chi connectivity index (χ1v) is 6.71. The van der Waals surface area contributed by atoms with Crippen molar-refractivity contribution in [2.75, 3.05) is 0 Å². The predicted octanol–water partition coefficient (Wildman–Crippen LogP) is 3.13. The normalized spacial score (nSPS) is 51.9. The van der Waals surface area contributed by atoms with Gasteiger partial charge in [-0.15, -0.1) is 0 Å². The molecule has 0 unspecified atom stereocenters. The van der Waals surface area contributed by atoms with Crippen LogP contribution in [0.15, 0.2) is 12.2 Å². The van der Waals surface area contributed by atoms with E-state index in [1.54, 1.807) is 0 Å². The molecule has 0 N–H and O–H groups in total. The molecule has 5 atom stereocenters. The van der Waals surface area contributed by atoms with E-state index >= 15 is 0 Å². The minimum absolute atomic E-state index is 0.0523. The fourth-order valence-electron chi connectivity index (χ4n) is 3.56. The van der Waals surface area contributed by atoms with Crippen LogP contribution in [0.2, 0.25) is 0 Å². The lowest BCUT2D eigenvalue weighted by molar-refractivity contribution is -0.265. The molecule has 0 radical (unpaired) electrons.